The van der Waals surface area contributed by atoms with E-state index in [1.54, 1.807) is 0 Å². The van der Waals surface area contributed by atoms with Crippen molar-refractivity contribution in [3.63, 3.8) is 0 Å². The van der Waals surface area contributed by atoms with Gasteiger partial charge in [-0.2, -0.15) is 0 Å². The summed E-state index contributed by atoms with van der Waals surface area (Å²) < 4.78 is 13.7. The van der Waals surface area contributed by atoms with Crippen molar-refractivity contribution < 1.29 is 14.3 Å². The number of anilines is 1. The summed E-state index contributed by atoms with van der Waals surface area (Å²) in [5, 5.41) is 11.9. The summed E-state index contributed by atoms with van der Waals surface area (Å²) in [5.41, 5.74) is 2.55. The molecule has 0 aromatic heterocycles. The molecule has 0 heterocycles. The third-order valence-corrected chi connectivity index (χ3v) is 3.18. The number of benzene rings is 2. The maximum Gasteiger partial charge on any atom is 0.258 e. The monoisotopic (exact) mass is 273 g/mol. The summed E-state index contributed by atoms with van der Waals surface area (Å²) in [5.74, 6) is -1.47. The number of phenols is 1. The van der Waals surface area contributed by atoms with Crippen molar-refractivity contribution in [3.05, 3.63) is 58.9 Å². The molecule has 2 aromatic carbocycles. The number of carbonyl (C=O) groups excluding carboxylic acids is 1. The van der Waals surface area contributed by atoms with Gasteiger partial charge in [0.05, 0.1) is 5.56 Å². The second kappa shape index (κ2) is 5.74. The van der Waals surface area contributed by atoms with E-state index >= 15 is 0 Å². The number of rotatable bonds is 3. The topological polar surface area (TPSA) is 49.3 Å². The van der Waals surface area contributed by atoms with Crippen molar-refractivity contribution >= 4 is 11.6 Å². The SMILES string of the molecule is CCc1cccc(C)c1NC(=O)c1ccc(O)cc1F. The van der Waals surface area contributed by atoms with Crippen molar-refractivity contribution in [1.82, 2.24) is 0 Å². The largest absolute Gasteiger partial charge is 0.508 e. The van der Waals surface area contributed by atoms with E-state index < -0.39 is 11.7 Å². The highest BCUT2D eigenvalue weighted by Crippen LogP contribution is 2.23. The van der Waals surface area contributed by atoms with Gasteiger partial charge in [-0.05, 0) is 36.6 Å². The molecule has 104 valence electrons. The molecule has 0 atom stereocenters. The predicted molar refractivity (Wildman–Crippen MR) is 76.6 cm³/mol. The number of phenolic OH excluding ortho intramolecular Hbond substituents is 1. The summed E-state index contributed by atoms with van der Waals surface area (Å²) in [6.07, 6.45) is 0.773. The molecule has 0 unspecified atom stereocenters. The van der Waals surface area contributed by atoms with Crippen molar-refractivity contribution in [2.75, 3.05) is 5.32 Å². The highest BCUT2D eigenvalue weighted by molar-refractivity contribution is 6.05. The van der Waals surface area contributed by atoms with Gasteiger partial charge >= 0.3 is 0 Å². The van der Waals surface area contributed by atoms with Gasteiger partial charge in [0, 0.05) is 11.8 Å². The van der Waals surface area contributed by atoms with E-state index in [4.69, 9.17) is 5.11 Å². The van der Waals surface area contributed by atoms with Crippen LogP contribution in [0.25, 0.3) is 0 Å². The molecule has 3 nitrogen and oxygen atoms in total. The summed E-state index contributed by atoms with van der Waals surface area (Å²) in [6.45, 7) is 3.88. The zero-order valence-corrected chi connectivity index (χ0v) is 11.4. The number of para-hydroxylation sites is 1. The molecule has 0 spiro atoms. The zero-order chi connectivity index (χ0) is 14.7. The van der Waals surface area contributed by atoms with Crippen LogP contribution < -0.4 is 5.32 Å². The van der Waals surface area contributed by atoms with Gasteiger partial charge in [-0.3, -0.25) is 4.79 Å². The Balaban J connectivity index is 2.33. The zero-order valence-electron chi connectivity index (χ0n) is 11.4. The summed E-state index contributed by atoms with van der Waals surface area (Å²) in [4.78, 5) is 12.1. The van der Waals surface area contributed by atoms with Crippen molar-refractivity contribution in [1.29, 1.82) is 0 Å². The highest BCUT2D eigenvalue weighted by Gasteiger charge is 2.14. The Kier molecular flexibility index (Phi) is 4.03. The lowest BCUT2D eigenvalue weighted by Gasteiger charge is -2.13. The molecule has 0 aliphatic carbocycles. The molecule has 4 heteroatoms. The maximum atomic E-state index is 13.7. The molecule has 0 saturated carbocycles. The average molecular weight is 273 g/mol. The molecule has 2 N–H and O–H groups in total. The fourth-order valence-electron chi connectivity index (χ4n) is 2.07. The van der Waals surface area contributed by atoms with E-state index in [2.05, 4.69) is 5.32 Å². The first-order valence-electron chi connectivity index (χ1n) is 6.41. The Bertz CT molecular complexity index is 653. The molecule has 0 radical (unpaired) electrons. The van der Waals surface area contributed by atoms with E-state index in [0.717, 1.165) is 23.6 Å². The molecule has 2 aromatic rings. The lowest BCUT2D eigenvalue weighted by atomic mass is 10.1. The molecule has 0 saturated heterocycles. The van der Waals surface area contributed by atoms with E-state index in [1.807, 2.05) is 32.0 Å². The lowest BCUT2D eigenvalue weighted by molar-refractivity contribution is 0.102. The Morgan fingerprint density at radius 3 is 2.70 bits per heavy atom. The van der Waals surface area contributed by atoms with Gasteiger partial charge < -0.3 is 10.4 Å². The molecular formula is C16H16FNO2. The van der Waals surface area contributed by atoms with Gasteiger partial charge in [0.2, 0.25) is 0 Å². The molecular weight excluding hydrogens is 257 g/mol. The number of amides is 1. The van der Waals surface area contributed by atoms with Crippen LogP contribution >= 0.6 is 0 Å². The summed E-state index contributed by atoms with van der Waals surface area (Å²) >= 11 is 0. The number of aromatic hydroxyl groups is 1. The summed E-state index contributed by atoms with van der Waals surface area (Å²) in [6, 6.07) is 9.22. The number of halogens is 1. The van der Waals surface area contributed by atoms with Crippen LogP contribution in [0, 0.1) is 12.7 Å². The van der Waals surface area contributed by atoms with Crippen LogP contribution in [0.15, 0.2) is 36.4 Å². The van der Waals surface area contributed by atoms with Gasteiger partial charge in [-0.15, -0.1) is 0 Å². The van der Waals surface area contributed by atoms with Gasteiger partial charge in [0.1, 0.15) is 11.6 Å². The molecule has 2 rings (SSSR count). The van der Waals surface area contributed by atoms with Crippen molar-refractivity contribution in [2.24, 2.45) is 0 Å². The minimum Gasteiger partial charge on any atom is -0.508 e. The van der Waals surface area contributed by atoms with Crippen molar-refractivity contribution in [2.45, 2.75) is 20.3 Å². The molecule has 1 amide bonds. The molecule has 0 aliphatic heterocycles. The number of nitrogens with one attached hydrogen (secondary N) is 1. The van der Waals surface area contributed by atoms with Crippen LogP contribution in [0.2, 0.25) is 0 Å². The Morgan fingerprint density at radius 1 is 1.30 bits per heavy atom. The second-order valence-electron chi connectivity index (χ2n) is 4.58. The third-order valence-electron chi connectivity index (χ3n) is 3.18. The smallest absolute Gasteiger partial charge is 0.258 e. The Hall–Kier alpha value is -2.36. The van der Waals surface area contributed by atoms with Crippen LogP contribution in [-0.4, -0.2) is 11.0 Å². The van der Waals surface area contributed by atoms with E-state index in [1.165, 1.54) is 12.1 Å². The van der Waals surface area contributed by atoms with Crippen LogP contribution in [0.5, 0.6) is 5.75 Å². The van der Waals surface area contributed by atoms with E-state index in [9.17, 15) is 9.18 Å². The molecule has 0 fully saturated rings. The first-order valence-corrected chi connectivity index (χ1v) is 6.41. The fraction of sp³-hybridized carbons (Fsp3) is 0.188. The lowest BCUT2D eigenvalue weighted by Crippen LogP contribution is -2.15. The van der Waals surface area contributed by atoms with Gasteiger partial charge in [-0.25, -0.2) is 4.39 Å². The fourth-order valence-corrected chi connectivity index (χ4v) is 2.07. The van der Waals surface area contributed by atoms with E-state index in [0.29, 0.717) is 5.69 Å². The van der Waals surface area contributed by atoms with Crippen molar-refractivity contribution in [3.8, 4) is 5.75 Å². The molecule has 20 heavy (non-hydrogen) atoms. The summed E-state index contributed by atoms with van der Waals surface area (Å²) in [7, 11) is 0. The normalized spacial score (nSPS) is 10.3. The minimum absolute atomic E-state index is 0.0897. The number of hydrogen-bond acceptors (Lipinski definition) is 2. The third kappa shape index (κ3) is 2.79. The Morgan fingerprint density at radius 2 is 2.05 bits per heavy atom. The van der Waals surface area contributed by atoms with Crippen LogP contribution in [0.3, 0.4) is 0 Å². The number of aryl methyl sites for hydroxylation is 2. The second-order valence-corrected chi connectivity index (χ2v) is 4.58. The van der Waals surface area contributed by atoms with Crippen LogP contribution in [0.1, 0.15) is 28.4 Å². The highest BCUT2D eigenvalue weighted by atomic mass is 19.1. The molecule has 0 bridgehead atoms. The molecule has 0 aliphatic rings. The van der Waals surface area contributed by atoms with Gasteiger partial charge in [0.15, 0.2) is 0 Å². The van der Waals surface area contributed by atoms with Gasteiger partial charge in [-0.1, -0.05) is 25.1 Å². The number of hydrogen-bond donors (Lipinski definition) is 2. The predicted octanol–water partition coefficient (Wildman–Crippen LogP) is 3.65. The Labute approximate surface area is 117 Å². The van der Waals surface area contributed by atoms with Crippen LogP contribution in [0.4, 0.5) is 10.1 Å². The average Bonchev–Trinajstić information content (AvgIpc) is 2.40. The first kappa shape index (κ1) is 14.1. The van der Waals surface area contributed by atoms with Gasteiger partial charge in [0.25, 0.3) is 5.91 Å². The minimum atomic E-state index is -0.742. The maximum absolute atomic E-state index is 13.7. The number of carbonyl (C=O) groups is 1. The quantitative estimate of drug-likeness (QED) is 0.896. The van der Waals surface area contributed by atoms with E-state index in [-0.39, 0.29) is 11.3 Å². The van der Waals surface area contributed by atoms with Crippen LogP contribution in [-0.2, 0) is 6.42 Å². The first-order chi connectivity index (χ1) is 9.52. The standard InChI is InChI=1S/C16H16FNO2/c1-3-11-6-4-5-10(2)15(11)18-16(20)13-8-7-12(19)9-14(13)17/h4-9,19H,3H2,1-2H3,(H,18,20).